The number of fused-ring (bicyclic) bond motifs is 2. The number of esters is 1. The van der Waals surface area contributed by atoms with E-state index in [1.165, 1.54) is 0 Å². The standard InChI is InChI=1S/C23H18N4O2S/c28-23(29-14-17-7-5-6-16-12-24-26-22(16)17)19-8-1-2-9-20(19)30-15-18-13-27-11-4-3-10-21(27)25-18/h1-13H,14-15H2,(H,24,26). The Labute approximate surface area is 176 Å². The van der Waals surface area contributed by atoms with Crippen molar-refractivity contribution >= 4 is 34.3 Å². The number of benzene rings is 2. The van der Waals surface area contributed by atoms with Crippen molar-refractivity contribution in [2.45, 2.75) is 17.3 Å². The number of rotatable bonds is 6. The molecule has 0 bridgehead atoms. The monoisotopic (exact) mass is 414 g/mol. The smallest absolute Gasteiger partial charge is 0.339 e. The van der Waals surface area contributed by atoms with Crippen LogP contribution in [0.3, 0.4) is 0 Å². The van der Waals surface area contributed by atoms with Gasteiger partial charge in [0.2, 0.25) is 0 Å². The van der Waals surface area contributed by atoms with E-state index in [0.717, 1.165) is 32.7 Å². The highest BCUT2D eigenvalue weighted by Gasteiger charge is 2.15. The molecule has 0 saturated carbocycles. The summed E-state index contributed by atoms with van der Waals surface area (Å²) in [5.41, 5.74) is 4.21. The number of thioether (sulfide) groups is 1. The SMILES string of the molecule is O=C(OCc1cccc2cn[nH]c12)c1ccccc1SCc1cn2ccccc2n1. The molecule has 0 aliphatic heterocycles. The fraction of sp³-hybridized carbons (Fsp3) is 0.0870. The van der Waals surface area contributed by atoms with E-state index in [9.17, 15) is 4.79 Å². The zero-order valence-electron chi connectivity index (χ0n) is 16.0. The first-order valence-electron chi connectivity index (χ1n) is 9.50. The van der Waals surface area contributed by atoms with Crippen LogP contribution < -0.4 is 0 Å². The number of aromatic nitrogens is 4. The molecule has 0 unspecified atom stereocenters. The number of imidazole rings is 1. The molecule has 0 aliphatic carbocycles. The molecule has 2 aromatic carbocycles. The third kappa shape index (κ3) is 3.67. The van der Waals surface area contributed by atoms with Gasteiger partial charge in [-0.2, -0.15) is 5.10 Å². The second kappa shape index (κ2) is 8.04. The van der Waals surface area contributed by atoms with E-state index >= 15 is 0 Å². The van der Waals surface area contributed by atoms with Crippen LogP contribution in [0.4, 0.5) is 0 Å². The van der Waals surface area contributed by atoms with E-state index in [1.807, 2.05) is 71.4 Å². The summed E-state index contributed by atoms with van der Waals surface area (Å²) in [6, 6.07) is 19.2. The number of pyridine rings is 1. The van der Waals surface area contributed by atoms with Gasteiger partial charge in [0, 0.05) is 34.0 Å². The molecule has 30 heavy (non-hydrogen) atoms. The van der Waals surface area contributed by atoms with Gasteiger partial charge in [-0.15, -0.1) is 11.8 Å². The molecule has 3 heterocycles. The Morgan fingerprint density at radius 2 is 1.97 bits per heavy atom. The lowest BCUT2D eigenvalue weighted by Crippen LogP contribution is -2.07. The normalized spacial score (nSPS) is 11.2. The average molecular weight is 414 g/mol. The lowest BCUT2D eigenvalue weighted by atomic mass is 10.1. The Balaban J connectivity index is 1.30. The Hall–Kier alpha value is -3.58. The van der Waals surface area contributed by atoms with E-state index < -0.39 is 0 Å². The van der Waals surface area contributed by atoms with Gasteiger partial charge >= 0.3 is 5.97 Å². The van der Waals surface area contributed by atoms with Gasteiger partial charge in [0.25, 0.3) is 0 Å². The molecule has 0 saturated heterocycles. The highest BCUT2D eigenvalue weighted by atomic mass is 32.2. The fourth-order valence-corrected chi connectivity index (χ4v) is 4.27. The Kier molecular flexibility index (Phi) is 4.94. The number of aromatic amines is 1. The first kappa shape index (κ1) is 18.4. The molecule has 148 valence electrons. The molecule has 1 N–H and O–H groups in total. The number of carbonyl (C=O) groups excluding carboxylic acids is 1. The molecule has 3 aromatic heterocycles. The summed E-state index contributed by atoms with van der Waals surface area (Å²) < 4.78 is 7.60. The van der Waals surface area contributed by atoms with Gasteiger partial charge in [-0.25, -0.2) is 9.78 Å². The van der Waals surface area contributed by atoms with Crippen molar-refractivity contribution in [2.75, 3.05) is 0 Å². The molecule has 6 nitrogen and oxygen atoms in total. The number of hydrogen-bond acceptors (Lipinski definition) is 5. The number of nitrogens with one attached hydrogen (secondary N) is 1. The van der Waals surface area contributed by atoms with Crippen LogP contribution in [-0.4, -0.2) is 25.6 Å². The Morgan fingerprint density at radius 3 is 2.90 bits per heavy atom. The molecule has 0 radical (unpaired) electrons. The summed E-state index contributed by atoms with van der Waals surface area (Å²) in [7, 11) is 0. The molecule has 0 atom stereocenters. The van der Waals surface area contributed by atoms with E-state index in [-0.39, 0.29) is 12.6 Å². The number of para-hydroxylation sites is 1. The zero-order chi connectivity index (χ0) is 20.3. The number of hydrogen-bond donors (Lipinski definition) is 1. The molecule has 5 rings (SSSR count). The molecule has 0 amide bonds. The molecule has 7 heteroatoms. The number of H-pyrrole nitrogens is 1. The van der Waals surface area contributed by atoms with Crippen LogP contribution in [0, 0.1) is 0 Å². The third-order valence-corrected chi connectivity index (χ3v) is 5.93. The largest absolute Gasteiger partial charge is 0.457 e. The maximum Gasteiger partial charge on any atom is 0.339 e. The Morgan fingerprint density at radius 1 is 1.07 bits per heavy atom. The van der Waals surface area contributed by atoms with Gasteiger partial charge in [0.05, 0.1) is 23.0 Å². The van der Waals surface area contributed by atoms with Gasteiger partial charge < -0.3 is 9.14 Å². The van der Waals surface area contributed by atoms with Crippen LogP contribution >= 0.6 is 11.8 Å². The third-order valence-electron chi connectivity index (χ3n) is 4.82. The first-order chi connectivity index (χ1) is 14.8. The maximum absolute atomic E-state index is 12.8. The van der Waals surface area contributed by atoms with Crippen molar-refractivity contribution in [3.05, 3.63) is 96.1 Å². The number of carbonyl (C=O) groups is 1. The van der Waals surface area contributed by atoms with E-state index in [1.54, 1.807) is 24.0 Å². The minimum Gasteiger partial charge on any atom is -0.457 e. The van der Waals surface area contributed by atoms with Gasteiger partial charge in [-0.1, -0.05) is 36.4 Å². The van der Waals surface area contributed by atoms with Crippen molar-refractivity contribution in [3.8, 4) is 0 Å². The lowest BCUT2D eigenvalue weighted by Gasteiger charge is -2.09. The van der Waals surface area contributed by atoms with Crippen molar-refractivity contribution in [2.24, 2.45) is 0 Å². The molecular formula is C23H18N4O2S. The minimum absolute atomic E-state index is 0.184. The fourth-order valence-electron chi connectivity index (χ4n) is 3.34. The highest BCUT2D eigenvalue weighted by Crippen LogP contribution is 2.27. The van der Waals surface area contributed by atoms with E-state index in [4.69, 9.17) is 4.74 Å². The van der Waals surface area contributed by atoms with Crippen LogP contribution in [0.25, 0.3) is 16.6 Å². The summed E-state index contributed by atoms with van der Waals surface area (Å²) in [5.74, 6) is 0.323. The van der Waals surface area contributed by atoms with Crippen LogP contribution in [0.15, 0.2) is 84.1 Å². The van der Waals surface area contributed by atoms with Gasteiger partial charge in [0.1, 0.15) is 12.3 Å². The van der Waals surface area contributed by atoms with Crippen LogP contribution in [0.5, 0.6) is 0 Å². The van der Waals surface area contributed by atoms with Gasteiger partial charge in [-0.05, 0) is 24.3 Å². The summed E-state index contributed by atoms with van der Waals surface area (Å²) in [5, 5.41) is 8.00. The first-order valence-corrected chi connectivity index (χ1v) is 10.5. The van der Waals surface area contributed by atoms with Gasteiger partial charge in [-0.3, -0.25) is 5.10 Å². The average Bonchev–Trinajstić information content (AvgIpc) is 3.43. The summed E-state index contributed by atoms with van der Waals surface area (Å²) in [6.45, 7) is 0.184. The summed E-state index contributed by atoms with van der Waals surface area (Å²) >= 11 is 1.58. The van der Waals surface area contributed by atoms with Gasteiger partial charge in [0.15, 0.2) is 0 Å². The molecular weight excluding hydrogens is 396 g/mol. The van der Waals surface area contributed by atoms with E-state index in [0.29, 0.717) is 11.3 Å². The maximum atomic E-state index is 12.8. The highest BCUT2D eigenvalue weighted by molar-refractivity contribution is 7.98. The molecule has 0 aliphatic rings. The predicted octanol–water partition coefficient (Wildman–Crippen LogP) is 4.86. The van der Waals surface area contributed by atoms with Crippen LogP contribution in [-0.2, 0) is 17.1 Å². The topological polar surface area (TPSA) is 72.3 Å². The second-order valence-corrected chi connectivity index (χ2v) is 7.83. The van der Waals surface area contributed by atoms with Crippen LogP contribution in [0.1, 0.15) is 21.6 Å². The lowest BCUT2D eigenvalue weighted by molar-refractivity contribution is 0.0470. The van der Waals surface area contributed by atoms with Crippen molar-refractivity contribution in [3.63, 3.8) is 0 Å². The zero-order valence-corrected chi connectivity index (χ0v) is 16.8. The molecule has 0 spiro atoms. The summed E-state index contributed by atoms with van der Waals surface area (Å²) in [4.78, 5) is 18.3. The Bertz CT molecular complexity index is 1310. The second-order valence-electron chi connectivity index (χ2n) is 6.81. The van der Waals surface area contributed by atoms with Crippen molar-refractivity contribution < 1.29 is 9.53 Å². The number of ether oxygens (including phenoxy) is 1. The summed E-state index contributed by atoms with van der Waals surface area (Å²) in [6.07, 6.45) is 5.74. The van der Waals surface area contributed by atoms with Crippen molar-refractivity contribution in [1.29, 1.82) is 0 Å². The predicted molar refractivity (Wildman–Crippen MR) is 116 cm³/mol. The van der Waals surface area contributed by atoms with E-state index in [2.05, 4.69) is 15.2 Å². The quantitative estimate of drug-likeness (QED) is 0.317. The molecule has 5 aromatic rings. The molecule has 0 fully saturated rings. The minimum atomic E-state index is -0.343. The van der Waals surface area contributed by atoms with Crippen LogP contribution in [0.2, 0.25) is 0 Å². The van der Waals surface area contributed by atoms with Crippen molar-refractivity contribution in [1.82, 2.24) is 19.6 Å². The number of nitrogens with zero attached hydrogens (tertiary/aromatic N) is 3.